The van der Waals surface area contributed by atoms with Crippen molar-refractivity contribution >= 4 is 5.91 Å². The van der Waals surface area contributed by atoms with Crippen LogP contribution < -0.4 is 5.73 Å². The molecule has 3 rings (SSSR count). The van der Waals surface area contributed by atoms with Crippen molar-refractivity contribution in [3.63, 3.8) is 0 Å². The van der Waals surface area contributed by atoms with Crippen LogP contribution in [-0.4, -0.2) is 5.91 Å². The minimum atomic E-state index is -0.355. The Morgan fingerprint density at radius 1 is 0.941 bits per heavy atom. The molecule has 2 N–H and O–H groups in total. The van der Waals surface area contributed by atoms with Gasteiger partial charge in [0.25, 0.3) is 0 Å². The van der Waals surface area contributed by atoms with E-state index in [0.29, 0.717) is 5.56 Å². The van der Waals surface area contributed by atoms with Crippen LogP contribution in [-0.2, 0) is 12.8 Å². The summed E-state index contributed by atoms with van der Waals surface area (Å²) in [6.45, 7) is 0. The lowest BCUT2D eigenvalue weighted by atomic mass is 9.85. The quantitative estimate of drug-likeness (QED) is 0.793. The summed E-state index contributed by atoms with van der Waals surface area (Å²) in [7, 11) is 0. The van der Waals surface area contributed by atoms with Crippen LogP contribution >= 0.6 is 0 Å². The molecule has 1 amide bonds. The number of amides is 1. The molecule has 84 valence electrons. The molecule has 2 nitrogen and oxygen atoms in total. The fourth-order valence-electron chi connectivity index (χ4n) is 2.49. The normalized spacial score (nSPS) is 12.7. The highest BCUT2D eigenvalue weighted by Gasteiger charge is 2.16. The van der Waals surface area contributed by atoms with Crippen molar-refractivity contribution in [1.82, 2.24) is 0 Å². The number of benzene rings is 2. The maximum atomic E-state index is 11.2. The molecule has 0 aliphatic heterocycles. The Labute approximate surface area is 100 Å². The summed E-state index contributed by atoms with van der Waals surface area (Å²) in [6, 6.07) is 14.2. The Morgan fingerprint density at radius 2 is 1.65 bits per heavy atom. The minimum Gasteiger partial charge on any atom is -0.366 e. The second-order valence-electron chi connectivity index (χ2n) is 4.39. The lowest BCUT2D eigenvalue weighted by molar-refractivity contribution is 0.1000. The highest BCUT2D eigenvalue weighted by molar-refractivity contribution is 5.94. The highest BCUT2D eigenvalue weighted by Crippen LogP contribution is 2.33. The maximum absolute atomic E-state index is 11.2. The topological polar surface area (TPSA) is 43.1 Å². The molecule has 0 radical (unpaired) electrons. The average molecular weight is 223 g/mol. The van der Waals surface area contributed by atoms with Gasteiger partial charge < -0.3 is 5.73 Å². The van der Waals surface area contributed by atoms with Crippen LogP contribution in [0.1, 0.15) is 21.5 Å². The van der Waals surface area contributed by atoms with Crippen molar-refractivity contribution < 1.29 is 4.79 Å². The van der Waals surface area contributed by atoms with Crippen LogP contribution in [0.15, 0.2) is 42.5 Å². The van der Waals surface area contributed by atoms with Gasteiger partial charge in [-0.15, -0.1) is 0 Å². The molecule has 2 aromatic carbocycles. The average Bonchev–Trinajstić information content (AvgIpc) is 2.38. The summed E-state index contributed by atoms with van der Waals surface area (Å²) in [4.78, 5) is 11.2. The lowest BCUT2D eigenvalue weighted by Crippen LogP contribution is -2.12. The van der Waals surface area contributed by atoms with E-state index in [9.17, 15) is 4.79 Å². The van der Waals surface area contributed by atoms with Crippen LogP contribution in [0.2, 0.25) is 0 Å². The predicted molar refractivity (Wildman–Crippen MR) is 67.8 cm³/mol. The number of carbonyl (C=O) groups is 1. The van der Waals surface area contributed by atoms with Crippen molar-refractivity contribution in [1.29, 1.82) is 0 Å². The monoisotopic (exact) mass is 223 g/mol. The Morgan fingerprint density at radius 3 is 2.47 bits per heavy atom. The fourth-order valence-corrected chi connectivity index (χ4v) is 2.49. The van der Waals surface area contributed by atoms with Gasteiger partial charge in [0.05, 0.1) is 0 Å². The van der Waals surface area contributed by atoms with Gasteiger partial charge in [0, 0.05) is 5.56 Å². The summed E-state index contributed by atoms with van der Waals surface area (Å²) < 4.78 is 0. The third kappa shape index (κ3) is 1.62. The molecule has 1 aliphatic rings. The molecule has 0 atom stereocenters. The fraction of sp³-hybridized carbons (Fsp3) is 0.133. The zero-order chi connectivity index (χ0) is 11.8. The summed E-state index contributed by atoms with van der Waals surface area (Å²) in [6.07, 6.45) is 2.01. The molecule has 0 spiro atoms. The van der Waals surface area contributed by atoms with E-state index in [0.717, 1.165) is 12.8 Å². The molecule has 0 fully saturated rings. The van der Waals surface area contributed by atoms with Gasteiger partial charge in [-0.25, -0.2) is 0 Å². The number of nitrogens with two attached hydrogens (primary N) is 1. The van der Waals surface area contributed by atoms with Crippen LogP contribution in [0, 0.1) is 0 Å². The molecule has 1 aliphatic carbocycles. The first kappa shape index (κ1) is 10.1. The van der Waals surface area contributed by atoms with Gasteiger partial charge in [-0.3, -0.25) is 4.79 Å². The molecule has 2 aromatic rings. The summed E-state index contributed by atoms with van der Waals surface area (Å²) in [5.74, 6) is -0.355. The van der Waals surface area contributed by atoms with Gasteiger partial charge in [-0.2, -0.15) is 0 Å². The third-order valence-electron chi connectivity index (χ3n) is 3.36. The van der Waals surface area contributed by atoms with Crippen molar-refractivity contribution in [3.8, 4) is 11.1 Å². The minimum absolute atomic E-state index is 0.355. The molecule has 0 saturated carbocycles. The largest absolute Gasteiger partial charge is 0.366 e. The zero-order valence-electron chi connectivity index (χ0n) is 9.44. The van der Waals surface area contributed by atoms with Gasteiger partial charge in [0.1, 0.15) is 0 Å². The Balaban J connectivity index is 2.18. The molecule has 0 heterocycles. The van der Waals surface area contributed by atoms with Crippen molar-refractivity contribution in [2.24, 2.45) is 5.73 Å². The Kier molecular flexibility index (Phi) is 2.22. The second-order valence-corrected chi connectivity index (χ2v) is 4.39. The first-order chi connectivity index (χ1) is 8.25. The number of aryl methyl sites for hydroxylation is 2. The second kappa shape index (κ2) is 3.74. The molecular formula is C15H13NO. The smallest absolute Gasteiger partial charge is 0.248 e. The standard InChI is InChI=1S/C15H13NO/c16-15(17)12-7-8-14-11(9-12)6-5-10-3-1-2-4-13(10)14/h1-4,7-9H,5-6H2,(H2,16,17). The number of rotatable bonds is 1. The molecular weight excluding hydrogens is 210 g/mol. The highest BCUT2D eigenvalue weighted by atomic mass is 16.1. The number of hydrogen-bond donors (Lipinski definition) is 1. The summed E-state index contributed by atoms with van der Waals surface area (Å²) in [5, 5.41) is 0. The van der Waals surface area contributed by atoms with E-state index >= 15 is 0 Å². The van der Waals surface area contributed by atoms with Crippen LogP contribution in [0.5, 0.6) is 0 Å². The molecule has 2 heteroatoms. The summed E-state index contributed by atoms with van der Waals surface area (Å²) >= 11 is 0. The first-order valence-corrected chi connectivity index (χ1v) is 5.77. The van der Waals surface area contributed by atoms with E-state index in [2.05, 4.69) is 24.3 Å². The maximum Gasteiger partial charge on any atom is 0.248 e. The van der Waals surface area contributed by atoms with Gasteiger partial charge >= 0.3 is 0 Å². The molecule has 17 heavy (non-hydrogen) atoms. The van der Waals surface area contributed by atoms with Crippen molar-refractivity contribution in [2.45, 2.75) is 12.8 Å². The van der Waals surface area contributed by atoms with Gasteiger partial charge in [0.2, 0.25) is 5.91 Å². The first-order valence-electron chi connectivity index (χ1n) is 5.77. The summed E-state index contributed by atoms with van der Waals surface area (Å²) in [5.41, 5.74) is 11.0. The molecule has 0 unspecified atom stereocenters. The predicted octanol–water partition coefficient (Wildman–Crippen LogP) is 2.55. The number of carbonyl (C=O) groups excluding carboxylic acids is 1. The molecule has 0 saturated heterocycles. The van der Waals surface area contributed by atoms with E-state index in [1.165, 1.54) is 22.3 Å². The van der Waals surface area contributed by atoms with E-state index in [-0.39, 0.29) is 5.91 Å². The van der Waals surface area contributed by atoms with E-state index < -0.39 is 0 Å². The molecule has 0 bridgehead atoms. The zero-order valence-corrected chi connectivity index (χ0v) is 9.44. The number of fused-ring (bicyclic) bond motifs is 3. The van der Waals surface area contributed by atoms with Gasteiger partial charge in [-0.1, -0.05) is 30.3 Å². The molecule has 0 aromatic heterocycles. The third-order valence-corrected chi connectivity index (χ3v) is 3.36. The lowest BCUT2D eigenvalue weighted by Gasteiger charge is -2.20. The van der Waals surface area contributed by atoms with Gasteiger partial charge in [-0.05, 0) is 47.2 Å². The van der Waals surface area contributed by atoms with Crippen LogP contribution in [0.3, 0.4) is 0 Å². The van der Waals surface area contributed by atoms with E-state index in [1.54, 1.807) is 0 Å². The van der Waals surface area contributed by atoms with Crippen molar-refractivity contribution in [3.05, 3.63) is 59.2 Å². The van der Waals surface area contributed by atoms with Crippen LogP contribution in [0.4, 0.5) is 0 Å². The van der Waals surface area contributed by atoms with Gasteiger partial charge in [0.15, 0.2) is 0 Å². The van der Waals surface area contributed by atoms with E-state index in [4.69, 9.17) is 5.73 Å². The Hall–Kier alpha value is -2.09. The van der Waals surface area contributed by atoms with E-state index in [1.807, 2.05) is 18.2 Å². The Bertz CT molecular complexity index is 602. The number of hydrogen-bond acceptors (Lipinski definition) is 1. The SMILES string of the molecule is NC(=O)c1ccc2c(c1)CCc1ccccc1-2. The van der Waals surface area contributed by atoms with Crippen molar-refractivity contribution in [2.75, 3.05) is 0 Å². The van der Waals surface area contributed by atoms with Crippen LogP contribution in [0.25, 0.3) is 11.1 Å². The number of primary amides is 1.